The topological polar surface area (TPSA) is 84.2 Å². The molecular weight excluding hydrogens is 282 g/mol. The van der Waals surface area contributed by atoms with E-state index in [1.807, 2.05) is 30.3 Å². The van der Waals surface area contributed by atoms with Gasteiger partial charge in [0.25, 0.3) is 5.91 Å². The van der Waals surface area contributed by atoms with E-state index in [1.165, 1.54) is 0 Å². The number of carbonyl (C=O) groups excluding carboxylic acids is 1. The SMILES string of the molecule is CCC(NC(=O)c1c(C)nn(-c2ccccc2)c1C)C(=O)O. The zero-order valence-corrected chi connectivity index (χ0v) is 12.8. The van der Waals surface area contributed by atoms with Crippen LogP contribution in [0.1, 0.15) is 35.1 Å². The van der Waals surface area contributed by atoms with Crippen molar-refractivity contribution in [2.24, 2.45) is 0 Å². The van der Waals surface area contributed by atoms with Crippen molar-refractivity contribution in [1.29, 1.82) is 0 Å². The minimum atomic E-state index is -1.04. The third kappa shape index (κ3) is 3.00. The van der Waals surface area contributed by atoms with E-state index >= 15 is 0 Å². The first kappa shape index (κ1) is 15.8. The molecule has 6 nitrogen and oxygen atoms in total. The quantitative estimate of drug-likeness (QED) is 0.885. The molecule has 0 radical (unpaired) electrons. The zero-order valence-electron chi connectivity index (χ0n) is 12.8. The Morgan fingerprint density at radius 1 is 1.27 bits per heavy atom. The Bertz CT molecular complexity index is 692. The minimum Gasteiger partial charge on any atom is -0.480 e. The van der Waals surface area contributed by atoms with E-state index in [2.05, 4.69) is 10.4 Å². The highest BCUT2D eigenvalue weighted by Gasteiger charge is 2.24. The van der Waals surface area contributed by atoms with Crippen LogP contribution in [0.5, 0.6) is 0 Å². The van der Waals surface area contributed by atoms with Crippen molar-refractivity contribution in [1.82, 2.24) is 15.1 Å². The molecule has 1 heterocycles. The van der Waals surface area contributed by atoms with Gasteiger partial charge in [0.2, 0.25) is 0 Å². The number of para-hydroxylation sites is 1. The molecule has 0 bridgehead atoms. The zero-order chi connectivity index (χ0) is 16.3. The van der Waals surface area contributed by atoms with Crippen molar-refractivity contribution >= 4 is 11.9 Å². The van der Waals surface area contributed by atoms with Crippen molar-refractivity contribution in [3.05, 3.63) is 47.3 Å². The van der Waals surface area contributed by atoms with E-state index in [1.54, 1.807) is 25.5 Å². The summed E-state index contributed by atoms with van der Waals surface area (Å²) in [5, 5.41) is 16.0. The monoisotopic (exact) mass is 301 g/mol. The fourth-order valence-corrected chi connectivity index (χ4v) is 2.36. The number of hydrogen-bond donors (Lipinski definition) is 2. The third-order valence-electron chi connectivity index (χ3n) is 3.53. The van der Waals surface area contributed by atoms with Gasteiger partial charge in [0.05, 0.1) is 22.6 Å². The van der Waals surface area contributed by atoms with E-state index < -0.39 is 17.9 Å². The van der Waals surface area contributed by atoms with Gasteiger partial charge in [-0.25, -0.2) is 9.48 Å². The minimum absolute atomic E-state index is 0.325. The molecule has 0 aliphatic heterocycles. The molecule has 2 rings (SSSR count). The van der Waals surface area contributed by atoms with Crippen molar-refractivity contribution in [3.8, 4) is 5.69 Å². The van der Waals surface area contributed by atoms with Gasteiger partial charge in [-0.2, -0.15) is 5.10 Å². The van der Waals surface area contributed by atoms with Crippen LogP contribution >= 0.6 is 0 Å². The number of aryl methyl sites for hydroxylation is 1. The van der Waals surface area contributed by atoms with Gasteiger partial charge in [0.1, 0.15) is 6.04 Å². The van der Waals surface area contributed by atoms with Crippen LogP contribution in [0.4, 0.5) is 0 Å². The second-order valence-electron chi connectivity index (χ2n) is 5.07. The summed E-state index contributed by atoms with van der Waals surface area (Å²) in [6.45, 7) is 5.25. The van der Waals surface area contributed by atoms with Crippen LogP contribution in [0.3, 0.4) is 0 Å². The molecule has 2 aromatic rings. The molecule has 0 fully saturated rings. The number of nitrogens with zero attached hydrogens (tertiary/aromatic N) is 2. The summed E-state index contributed by atoms with van der Waals surface area (Å²) in [6, 6.07) is 8.58. The number of aromatic nitrogens is 2. The Morgan fingerprint density at radius 3 is 2.45 bits per heavy atom. The highest BCUT2D eigenvalue weighted by Crippen LogP contribution is 2.18. The van der Waals surface area contributed by atoms with Crippen molar-refractivity contribution in [3.63, 3.8) is 0 Å². The summed E-state index contributed by atoms with van der Waals surface area (Å²) in [4.78, 5) is 23.4. The molecule has 1 amide bonds. The summed E-state index contributed by atoms with van der Waals surface area (Å²) < 4.78 is 1.69. The van der Waals surface area contributed by atoms with Gasteiger partial charge in [-0.1, -0.05) is 25.1 Å². The summed E-state index contributed by atoms with van der Waals surface area (Å²) in [5.41, 5.74) is 2.52. The van der Waals surface area contributed by atoms with Gasteiger partial charge >= 0.3 is 5.97 Å². The second kappa shape index (κ2) is 6.43. The predicted octanol–water partition coefficient (Wildman–Crippen LogP) is 2.08. The summed E-state index contributed by atoms with van der Waals surface area (Å²) in [7, 11) is 0. The lowest BCUT2D eigenvalue weighted by molar-refractivity contribution is -0.139. The summed E-state index contributed by atoms with van der Waals surface area (Å²) >= 11 is 0. The lowest BCUT2D eigenvalue weighted by Gasteiger charge is -2.12. The molecule has 2 N–H and O–H groups in total. The second-order valence-corrected chi connectivity index (χ2v) is 5.07. The molecule has 116 valence electrons. The molecule has 0 saturated carbocycles. The smallest absolute Gasteiger partial charge is 0.326 e. The molecule has 0 spiro atoms. The summed E-state index contributed by atoms with van der Waals surface area (Å²) in [5.74, 6) is -1.45. The first-order valence-corrected chi connectivity index (χ1v) is 7.11. The maximum absolute atomic E-state index is 12.4. The Balaban J connectivity index is 2.35. The number of aliphatic carboxylic acids is 1. The number of carboxylic acid groups (broad SMARTS) is 1. The lowest BCUT2D eigenvalue weighted by Crippen LogP contribution is -2.40. The van der Waals surface area contributed by atoms with Crippen LogP contribution in [-0.2, 0) is 4.79 Å². The number of carbonyl (C=O) groups is 2. The van der Waals surface area contributed by atoms with E-state index in [4.69, 9.17) is 5.11 Å². The number of benzene rings is 1. The average molecular weight is 301 g/mol. The molecule has 0 aliphatic rings. The molecule has 0 saturated heterocycles. The van der Waals surface area contributed by atoms with Crippen LogP contribution in [0.2, 0.25) is 0 Å². The number of carboxylic acids is 1. The normalized spacial score (nSPS) is 12.0. The van der Waals surface area contributed by atoms with Gasteiger partial charge in [0, 0.05) is 0 Å². The van der Waals surface area contributed by atoms with Gasteiger partial charge in [-0.05, 0) is 32.4 Å². The maximum atomic E-state index is 12.4. The van der Waals surface area contributed by atoms with Crippen LogP contribution < -0.4 is 5.32 Å². The van der Waals surface area contributed by atoms with Gasteiger partial charge in [-0.3, -0.25) is 4.79 Å². The van der Waals surface area contributed by atoms with Crippen LogP contribution in [0.15, 0.2) is 30.3 Å². The Hall–Kier alpha value is -2.63. The van der Waals surface area contributed by atoms with E-state index in [0.29, 0.717) is 23.4 Å². The summed E-state index contributed by atoms with van der Waals surface area (Å²) in [6.07, 6.45) is 0.325. The van der Waals surface area contributed by atoms with E-state index in [9.17, 15) is 9.59 Å². The van der Waals surface area contributed by atoms with Crippen molar-refractivity contribution < 1.29 is 14.7 Å². The fraction of sp³-hybridized carbons (Fsp3) is 0.312. The van der Waals surface area contributed by atoms with Crippen molar-refractivity contribution in [2.75, 3.05) is 0 Å². The Kier molecular flexibility index (Phi) is 4.60. The van der Waals surface area contributed by atoms with Gasteiger partial charge < -0.3 is 10.4 Å². The molecule has 22 heavy (non-hydrogen) atoms. The number of nitrogens with one attached hydrogen (secondary N) is 1. The average Bonchev–Trinajstić information content (AvgIpc) is 2.80. The first-order valence-electron chi connectivity index (χ1n) is 7.11. The molecule has 1 aromatic heterocycles. The highest BCUT2D eigenvalue weighted by molar-refractivity contribution is 5.98. The molecule has 1 atom stereocenters. The van der Waals surface area contributed by atoms with Gasteiger partial charge in [-0.15, -0.1) is 0 Å². The molecular formula is C16H19N3O3. The molecule has 6 heteroatoms. The predicted molar refractivity (Wildman–Crippen MR) is 82.2 cm³/mol. The van der Waals surface area contributed by atoms with Crippen LogP contribution in [-0.4, -0.2) is 32.8 Å². The third-order valence-corrected chi connectivity index (χ3v) is 3.53. The van der Waals surface area contributed by atoms with Gasteiger partial charge in [0.15, 0.2) is 0 Å². The van der Waals surface area contributed by atoms with E-state index in [-0.39, 0.29) is 0 Å². The standard InChI is InChI=1S/C16H19N3O3/c1-4-13(16(21)22)17-15(20)14-10(2)18-19(11(14)3)12-8-6-5-7-9-12/h5-9,13H,4H2,1-3H3,(H,17,20)(H,21,22). The first-order chi connectivity index (χ1) is 10.5. The fourth-order valence-electron chi connectivity index (χ4n) is 2.36. The molecule has 1 aromatic carbocycles. The largest absolute Gasteiger partial charge is 0.480 e. The van der Waals surface area contributed by atoms with Crippen molar-refractivity contribution in [2.45, 2.75) is 33.2 Å². The lowest BCUT2D eigenvalue weighted by atomic mass is 10.1. The number of hydrogen-bond acceptors (Lipinski definition) is 3. The maximum Gasteiger partial charge on any atom is 0.326 e. The number of amides is 1. The van der Waals surface area contributed by atoms with Crippen LogP contribution in [0.25, 0.3) is 5.69 Å². The number of rotatable bonds is 5. The molecule has 1 unspecified atom stereocenters. The van der Waals surface area contributed by atoms with E-state index in [0.717, 1.165) is 5.69 Å². The highest BCUT2D eigenvalue weighted by atomic mass is 16.4. The Labute approximate surface area is 128 Å². The Morgan fingerprint density at radius 2 is 1.91 bits per heavy atom. The van der Waals surface area contributed by atoms with Crippen LogP contribution in [0, 0.1) is 13.8 Å². The molecule has 0 aliphatic carbocycles.